The summed E-state index contributed by atoms with van der Waals surface area (Å²) < 4.78 is 33.6. The zero-order valence-corrected chi connectivity index (χ0v) is 6.53. The number of hydrogen-bond donors (Lipinski definition) is 1. The summed E-state index contributed by atoms with van der Waals surface area (Å²) in [5.74, 6) is -0.924. The monoisotopic (exact) mass is 173 g/mol. The molecule has 0 bridgehead atoms. The van der Waals surface area contributed by atoms with Gasteiger partial charge in [0.15, 0.2) is 0 Å². The summed E-state index contributed by atoms with van der Waals surface area (Å²) in [6, 6.07) is 0. The molecule has 0 saturated carbocycles. The summed E-state index contributed by atoms with van der Waals surface area (Å²) in [6.45, 7) is 4.00. The lowest BCUT2D eigenvalue weighted by molar-refractivity contribution is -0.142. The first-order valence-electron chi connectivity index (χ1n) is 3.27. The maximum absolute atomic E-state index is 11.2. The average molecular weight is 173 g/mol. The van der Waals surface area contributed by atoms with Crippen molar-refractivity contribution in [2.45, 2.75) is 32.9 Å². The van der Waals surface area contributed by atoms with E-state index in [2.05, 4.69) is 5.73 Å². The summed E-state index contributed by atoms with van der Waals surface area (Å²) in [4.78, 5) is 9.77. The molecule has 5 heteroatoms. The van der Waals surface area contributed by atoms with Crippen molar-refractivity contribution >= 4 is 5.91 Å². The second kappa shape index (κ2) is 6.00. The van der Waals surface area contributed by atoms with E-state index in [9.17, 15) is 18.0 Å². The van der Waals surface area contributed by atoms with Gasteiger partial charge in [-0.25, -0.2) is 0 Å². The summed E-state index contributed by atoms with van der Waals surface area (Å²) >= 11 is 0. The Kier molecular flexibility index (Phi) is 7.04. The molecule has 0 aliphatic carbocycles. The molecular weight excluding hydrogens is 159 g/mol. The van der Waals surface area contributed by atoms with E-state index >= 15 is 0 Å². The first kappa shape index (κ1) is 12.9. The third-order valence-corrected chi connectivity index (χ3v) is 0.655. The molecule has 0 aromatic rings. The zero-order chi connectivity index (χ0) is 9.49. The van der Waals surface area contributed by atoms with Gasteiger partial charge in [0.25, 0.3) is 0 Å². The molecule has 0 aromatic heterocycles. The number of primary amides is 1. The van der Waals surface area contributed by atoms with Gasteiger partial charge in [0, 0.05) is 7.85 Å². The molecule has 0 radical (unpaired) electrons. The molecule has 0 aliphatic heterocycles. The first-order valence-corrected chi connectivity index (χ1v) is 3.27. The van der Waals surface area contributed by atoms with Crippen LogP contribution in [0, 0.1) is 0 Å². The molecule has 11 heavy (non-hydrogen) atoms. The highest BCUT2D eigenvalue weighted by Gasteiger charge is 2.27. The lowest BCUT2D eigenvalue weighted by Crippen LogP contribution is -2.16. The Hall–Kier alpha value is -0.740. The summed E-state index contributed by atoms with van der Waals surface area (Å²) in [5, 5.41) is 0. The van der Waals surface area contributed by atoms with E-state index in [4.69, 9.17) is 0 Å². The molecule has 1 amide bonds. The highest BCUT2D eigenvalue weighted by molar-refractivity contribution is 5.73. The molecule has 0 fully saturated rings. The molecule has 0 spiro atoms. The molecule has 0 unspecified atom stereocenters. The molecule has 0 atom stereocenters. The third-order valence-electron chi connectivity index (χ3n) is 0.655. The van der Waals surface area contributed by atoms with Gasteiger partial charge >= 0.3 is 6.18 Å². The van der Waals surface area contributed by atoms with Crippen LogP contribution < -0.4 is 5.73 Å². The van der Waals surface area contributed by atoms with Gasteiger partial charge in [-0.1, -0.05) is 13.8 Å². The van der Waals surface area contributed by atoms with Crippen LogP contribution in [-0.4, -0.2) is 12.1 Å². The molecule has 0 saturated heterocycles. The van der Waals surface area contributed by atoms with Gasteiger partial charge in [0.2, 0.25) is 5.91 Å². The van der Waals surface area contributed by atoms with Gasteiger partial charge in [-0.15, -0.1) is 0 Å². The van der Waals surface area contributed by atoms with E-state index in [1.165, 1.54) is 0 Å². The van der Waals surface area contributed by atoms with Crippen LogP contribution in [0.3, 0.4) is 0 Å². The fourth-order valence-electron chi connectivity index (χ4n) is 0.265. The van der Waals surface area contributed by atoms with Crippen molar-refractivity contribution in [3.05, 3.63) is 0 Å². The second-order valence-electron chi connectivity index (χ2n) is 1.58. The van der Waals surface area contributed by atoms with Crippen LogP contribution in [0.5, 0.6) is 0 Å². The minimum Gasteiger partial charge on any atom is -0.370 e. The molecule has 0 aromatic carbocycles. The van der Waals surface area contributed by atoms with Crippen LogP contribution in [0.25, 0.3) is 0 Å². The Morgan fingerprint density at radius 2 is 1.82 bits per heavy atom. The SMILES string of the molecule is CC.NC(=O)CCC(F)(F)F.[HH]. The van der Waals surface area contributed by atoms with Crippen LogP contribution in [0.1, 0.15) is 28.1 Å². The second-order valence-corrected chi connectivity index (χ2v) is 1.58. The van der Waals surface area contributed by atoms with E-state index in [1.54, 1.807) is 0 Å². The first-order chi connectivity index (χ1) is 4.92. The van der Waals surface area contributed by atoms with Crippen molar-refractivity contribution in [3.63, 3.8) is 0 Å². The smallest absolute Gasteiger partial charge is 0.370 e. The fraction of sp³-hybridized carbons (Fsp3) is 0.833. The van der Waals surface area contributed by atoms with E-state index in [0.29, 0.717) is 0 Å². The third kappa shape index (κ3) is 17.6. The molecule has 70 valence electrons. The van der Waals surface area contributed by atoms with E-state index in [1.807, 2.05) is 13.8 Å². The summed E-state index contributed by atoms with van der Waals surface area (Å²) in [5.41, 5.74) is 4.46. The van der Waals surface area contributed by atoms with Crippen molar-refractivity contribution in [3.8, 4) is 0 Å². The highest BCUT2D eigenvalue weighted by atomic mass is 19.4. The maximum atomic E-state index is 11.2. The molecule has 0 heterocycles. The van der Waals surface area contributed by atoms with Gasteiger partial charge in [0.05, 0.1) is 6.42 Å². The van der Waals surface area contributed by atoms with Gasteiger partial charge in [-0.2, -0.15) is 13.2 Å². The molecule has 0 rings (SSSR count). The Morgan fingerprint density at radius 1 is 1.45 bits per heavy atom. The van der Waals surface area contributed by atoms with E-state index in [0.717, 1.165) is 0 Å². The zero-order valence-electron chi connectivity index (χ0n) is 6.53. The lowest BCUT2D eigenvalue weighted by Gasteiger charge is -2.01. The predicted molar refractivity (Wildman–Crippen MR) is 37.9 cm³/mol. The van der Waals surface area contributed by atoms with Gasteiger partial charge in [-0.05, 0) is 0 Å². The Balaban J connectivity index is -0.000000249. The van der Waals surface area contributed by atoms with Gasteiger partial charge in [0.1, 0.15) is 0 Å². The number of halogens is 3. The van der Waals surface area contributed by atoms with E-state index < -0.39 is 24.9 Å². The number of amides is 1. The van der Waals surface area contributed by atoms with Gasteiger partial charge < -0.3 is 5.73 Å². The Bertz CT molecular complexity index is 116. The number of alkyl halides is 3. The number of hydrogen-bond acceptors (Lipinski definition) is 1. The number of rotatable bonds is 2. The van der Waals surface area contributed by atoms with Crippen LogP contribution in [0.15, 0.2) is 0 Å². The molecule has 2 nitrogen and oxygen atoms in total. The molecular formula is C6H14F3NO. The average Bonchev–Trinajstić information content (AvgIpc) is 1.87. The van der Waals surface area contributed by atoms with Crippen LogP contribution in [0.2, 0.25) is 0 Å². The number of carbonyl (C=O) groups is 1. The van der Waals surface area contributed by atoms with Crippen LogP contribution >= 0.6 is 0 Å². The molecule has 0 aliphatic rings. The van der Waals surface area contributed by atoms with Gasteiger partial charge in [-0.3, -0.25) is 4.79 Å². The van der Waals surface area contributed by atoms with Crippen molar-refractivity contribution in [2.24, 2.45) is 5.73 Å². The van der Waals surface area contributed by atoms with Crippen molar-refractivity contribution < 1.29 is 19.4 Å². The fourth-order valence-corrected chi connectivity index (χ4v) is 0.265. The van der Waals surface area contributed by atoms with Crippen molar-refractivity contribution in [1.82, 2.24) is 0 Å². The standard InChI is InChI=1S/C4H6F3NO.C2H6.H2/c5-4(6,7)2-1-3(8)9;1-2;/h1-2H2,(H2,8,9);1-2H3;1H. The summed E-state index contributed by atoms with van der Waals surface area (Å²) in [7, 11) is 0. The largest absolute Gasteiger partial charge is 0.389 e. The van der Waals surface area contributed by atoms with Crippen LogP contribution in [-0.2, 0) is 4.79 Å². The van der Waals surface area contributed by atoms with Crippen molar-refractivity contribution in [1.29, 1.82) is 0 Å². The maximum Gasteiger partial charge on any atom is 0.389 e. The van der Waals surface area contributed by atoms with Crippen molar-refractivity contribution in [2.75, 3.05) is 0 Å². The minimum absolute atomic E-state index is 0. The Labute approximate surface area is 65.1 Å². The lowest BCUT2D eigenvalue weighted by atomic mass is 10.3. The quantitative estimate of drug-likeness (QED) is 0.682. The summed E-state index contributed by atoms with van der Waals surface area (Å²) in [6.07, 6.45) is -6.01. The Morgan fingerprint density at radius 3 is 1.91 bits per heavy atom. The normalized spacial score (nSPS) is 9.91. The predicted octanol–water partition coefficient (Wildman–Crippen LogP) is 2.09. The van der Waals surface area contributed by atoms with E-state index in [-0.39, 0.29) is 1.43 Å². The highest BCUT2D eigenvalue weighted by Crippen LogP contribution is 2.20. The number of carbonyl (C=O) groups excluding carboxylic acids is 1. The number of nitrogens with two attached hydrogens (primary N) is 1. The topological polar surface area (TPSA) is 43.1 Å². The molecule has 2 N–H and O–H groups in total. The van der Waals surface area contributed by atoms with Crippen LogP contribution in [0.4, 0.5) is 13.2 Å². The minimum atomic E-state index is -4.27.